The van der Waals surface area contributed by atoms with Gasteiger partial charge in [0.25, 0.3) is 0 Å². The maximum Gasteiger partial charge on any atom is 0.00693 e. The molecule has 0 spiro atoms. The second-order valence-corrected chi connectivity index (χ2v) is 5.46. The number of hydrogen-bond donors (Lipinski definition) is 0. The predicted octanol–water partition coefficient (Wildman–Crippen LogP) is 4.95. The summed E-state index contributed by atoms with van der Waals surface area (Å²) in [7, 11) is 0. The highest BCUT2D eigenvalue weighted by atomic mass is 32.2. The van der Waals surface area contributed by atoms with E-state index in [9.17, 15) is 0 Å². The van der Waals surface area contributed by atoms with Crippen LogP contribution in [0.3, 0.4) is 0 Å². The molecule has 0 aliphatic carbocycles. The first-order chi connectivity index (χ1) is 9.36. The zero-order valence-electron chi connectivity index (χ0n) is 10.9. The van der Waals surface area contributed by atoms with Crippen molar-refractivity contribution in [3.05, 3.63) is 77.9 Å². The van der Waals surface area contributed by atoms with E-state index >= 15 is 0 Å². The monoisotopic (exact) mass is 263 g/mol. The third kappa shape index (κ3) is 2.66. The molecule has 0 aliphatic rings. The summed E-state index contributed by atoms with van der Waals surface area (Å²) in [5.41, 5.74) is 2.69. The van der Waals surface area contributed by atoms with Crippen molar-refractivity contribution in [3.8, 4) is 0 Å². The summed E-state index contributed by atoms with van der Waals surface area (Å²) in [5.74, 6) is 0. The van der Waals surface area contributed by atoms with Crippen LogP contribution in [-0.2, 0) is 6.42 Å². The van der Waals surface area contributed by atoms with E-state index in [1.807, 2.05) is 12.1 Å². The molecule has 0 N–H and O–H groups in total. The van der Waals surface area contributed by atoms with Crippen LogP contribution >= 0.6 is 11.8 Å². The molecular formula is C18H15S. The maximum atomic E-state index is 3.36. The molecule has 0 heterocycles. The molecular weight excluding hydrogens is 248 g/mol. The van der Waals surface area contributed by atoms with Gasteiger partial charge in [-0.2, -0.15) is 0 Å². The molecule has 1 heteroatoms. The predicted molar refractivity (Wildman–Crippen MR) is 83.8 cm³/mol. The molecule has 0 atom stereocenters. The molecule has 0 aromatic heterocycles. The minimum absolute atomic E-state index is 0.965. The second-order valence-electron chi connectivity index (χ2n) is 4.58. The average molecular weight is 263 g/mol. The van der Waals surface area contributed by atoms with Crippen LogP contribution in [-0.4, -0.2) is 6.26 Å². The third-order valence-electron chi connectivity index (χ3n) is 3.34. The van der Waals surface area contributed by atoms with Crippen molar-refractivity contribution in [2.45, 2.75) is 11.3 Å². The number of hydrogen-bond acceptors (Lipinski definition) is 1. The lowest BCUT2D eigenvalue weighted by atomic mass is 9.99. The van der Waals surface area contributed by atoms with E-state index in [2.05, 4.69) is 60.9 Å². The van der Waals surface area contributed by atoms with E-state index in [1.54, 1.807) is 11.8 Å². The van der Waals surface area contributed by atoms with Crippen LogP contribution in [0.2, 0.25) is 0 Å². The molecule has 0 bridgehead atoms. The van der Waals surface area contributed by atoms with Crippen LogP contribution in [0.25, 0.3) is 10.8 Å². The highest BCUT2D eigenvalue weighted by Crippen LogP contribution is 2.22. The van der Waals surface area contributed by atoms with Crippen molar-refractivity contribution < 1.29 is 0 Å². The first-order valence-corrected chi connectivity index (χ1v) is 7.60. The molecule has 0 saturated heterocycles. The van der Waals surface area contributed by atoms with Gasteiger partial charge in [-0.1, -0.05) is 48.5 Å². The van der Waals surface area contributed by atoms with E-state index in [-0.39, 0.29) is 0 Å². The maximum absolute atomic E-state index is 3.36. The van der Waals surface area contributed by atoms with Crippen molar-refractivity contribution in [1.29, 1.82) is 0 Å². The van der Waals surface area contributed by atoms with Gasteiger partial charge in [0.15, 0.2) is 0 Å². The smallest absolute Gasteiger partial charge is 0.00693 e. The Hall–Kier alpha value is -1.73. The van der Waals surface area contributed by atoms with Crippen molar-refractivity contribution in [1.82, 2.24) is 0 Å². The quantitative estimate of drug-likeness (QED) is 0.602. The van der Waals surface area contributed by atoms with E-state index in [4.69, 9.17) is 0 Å². The van der Waals surface area contributed by atoms with Crippen LogP contribution in [0.1, 0.15) is 11.1 Å². The highest BCUT2D eigenvalue weighted by molar-refractivity contribution is 7.98. The molecule has 1 radical (unpaired) electrons. The van der Waals surface area contributed by atoms with Crippen LogP contribution in [0.5, 0.6) is 0 Å². The molecule has 3 aromatic rings. The summed E-state index contributed by atoms with van der Waals surface area (Å²) in [6.45, 7) is 0. The molecule has 0 saturated carbocycles. The summed E-state index contributed by atoms with van der Waals surface area (Å²) in [5, 5.41) is 2.50. The van der Waals surface area contributed by atoms with Crippen molar-refractivity contribution in [3.63, 3.8) is 0 Å². The molecule has 3 rings (SSSR count). The van der Waals surface area contributed by atoms with Gasteiger partial charge in [0.05, 0.1) is 0 Å². The van der Waals surface area contributed by atoms with E-state index in [0.717, 1.165) is 6.42 Å². The van der Waals surface area contributed by atoms with Crippen molar-refractivity contribution in [2.24, 2.45) is 0 Å². The summed E-state index contributed by atoms with van der Waals surface area (Å²) >= 11 is 1.78. The highest BCUT2D eigenvalue weighted by Gasteiger charge is 2.02. The first-order valence-electron chi connectivity index (χ1n) is 6.38. The van der Waals surface area contributed by atoms with Gasteiger partial charge in [-0.05, 0) is 52.8 Å². The fraction of sp³-hybridized carbons (Fsp3) is 0.111. The fourth-order valence-electron chi connectivity index (χ4n) is 2.33. The number of fused-ring (bicyclic) bond motifs is 1. The van der Waals surface area contributed by atoms with E-state index < -0.39 is 0 Å². The van der Waals surface area contributed by atoms with Gasteiger partial charge in [0.1, 0.15) is 0 Å². The topological polar surface area (TPSA) is 0 Å². The third-order valence-corrected chi connectivity index (χ3v) is 4.08. The molecule has 0 amide bonds. The standard InChI is InChI=1S/C18H15S/c1-19-17-11-9-14(10-12-17)13-16-7-4-6-15-5-2-3-8-18(15)16/h2-7,9-12H,13H2,1H3. The zero-order chi connectivity index (χ0) is 13.1. The Labute approximate surface area is 118 Å². The van der Waals surface area contributed by atoms with Gasteiger partial charge in [-0.3, -0.25) is 0 Å². The van der Waals surface area contributed by atoms with E-state index in [0.29, 0.717) is 0 Å². The normalized spacial score (nSPS) is 10.8. The molecule has 0 unspecified atom stereocenters. The summed E-state index contributed by atoms with van der Waals surface area (Å²) in [6, 6.07) is 24.8. The number of benzene rings is 3. The Morgan fingerprint density at radius 1 is 0.947 bits per heavy atom. The average Bonchev–Trinajstić information content (AvgIpc) is 2.48. The van der Waals surface area contributed by atoms with Gasteiger partial charge in [-0.25, -0.2) is 0 Å². The number of rotatable bonds is 3. The minimum Gasteiger partial charge on any atom is -0.130 e. The molecule has 3 aromatic carbocycles. The van der Waals surface area contributed by atoms with Gasteiger partial charge >= 0.3 is 0 Å². The molecule has 0 nitrogen and oxygen atoms in total. The van der Waals surface area contributed by atoms with E-state index in [1.165, 1.54) is 26.8 Å². The Balaban J connectivity index is 1.96. The van der Waals surface area contributed by atoms with Gasteiger partial charge in [0, 0.05) is 4.90 Å². The van der Waals surface area contributed by atoms with Crippen molar-refractivity contribution in [2.75, 3.05) is 6.26 Å². The lowest BCUT2D eigenvalue weighted by Gasteiger charge is -2.07. The van der Waals surface area contributed by atoms with Crippen LogP contribution < -0.4 is 0 Å². The van der Waals surface area contributed by atoms with Crippen LogP contribution in [0.15, 0.2) is 65.6 Å². The Bertz CT molecular complexity index is 678. The second kappa shape index (κ2) is 5.50. The van der Waals surface area contributed by atoms with Crippen LogP contribution in [0.4, 0.5) is 0 Å². The minimum atomic E-state index is 0.965. The van der Waals surface area contributed by atoms with Gasteiger partial charge in [0.2, 0.25) is 0 Å². The fourth-order valence-corrected chi connectivity index (χ4v) is 2.74. The summed E-state index contributed by atoms with van der Waals surface area (Å²) < 4.78 is 0. The lowest BCUT2D eigenvalue weighted by molar-refractivity contribution is 1.20. The largest absolute Gasteiger partial charge is 0.130 e. The molecule has 93 valence electrons. The Morgan fingerprint density at radius 3 is 2.53 bits per heavy atom. The number of thioether (sulfide) groups is 1. The first kappa shape index (κ1) is 12.3. The SMILES string of the molecule is CSc1ccc(Cc2cccc3ccc[c]c23)cc1. The zero-order valence-corrected chi connectivity index (χ0v) is 11.7. The van der Waals surface area contributed by atoms with Crippen molar-refractivity contribution >= 4 is 22.5 Å². The van der Waals surface area contributed by atoms with Gasteiger partial charge < -0.3 is 0 Å². The molecule has 0 fully saturated rings. The Kier molecular flexibility index (Phi) is 3.56. The molecule has 19 heavy (non-hydrogen) atoms. The Morgan fingerprint density at radius 2 is 1.74 bits per heavy atom. The summed E-state index contributed by atoms with van der Waals surface area (Å²) in [6.07, 6.45) is 3.07. The van der Waals surface area contributed by atoms with Gasteiger partial charge in [-0.15, -0.1) is 11.8 Å². The lowest BCUT2D eigenvalue weighted by Crippen LogP contribution is -1.89. The molecule has 0 aliphatic heterocycles. The summed E-state index contributed by atoms with van der Waals surface area (Å²) in [4.78, 5) is 1.31. The van der Waals surface area contributed by atoms with Crippen LogP contribution in [0, 0.1) is 6.07 Å².